The molecule has 0 aliphatic rings. The van der Waals surface area contributed by atoms with Crippen LogP contribution in [0.1, 0.15) is 63.5 Å². The van der Waals surface area contributed by atoms with Gasteiger partial charge in [-0.3, -0.25) is 0 Å². The van der Waals surface area contributed by atoms with Crippen LogP contribution >= 0.6 is 0 Å². The van der Waals surface area contributed by atoms with E-state index in [4.69, 9.17) is 4.74 Å². The van der Waals surface area contributed by atoms with Gasteiger partial charge in [-0.2, -0.15) is 0 Å². The van der Waals surface area contributed by atoms with Gasteiger partial charge in [0.15, 0.2) is 9.84 Å². The van der Waals surface area contributed by atoms with Crippen LogP contribution in [0, 0.1) is 5.41 Å². The molecule has 0 atom stereocenters. The minimum atomic E-state index is -3.67. The molecule has 0 spiro atoms. The van der Waals surface area contributed by atoms with Crippen LogP contribution in [-0.2, 0) is 21.1 Å². The molecule has 0 radical (unpaired) electrons. The van der Waals surface area contributed by atoms with Crippen molar-refractivity contribution in [2.45, 2.75) is 63.7 Å². The molecule has 0 saturated heterocycles. The highest BCUT2D eigenvalue weighted by Crippen LogP contribution is 2.35. The Kier molecular flexibility index (Phi) is 9.96. The maximum absolute atomic E-state index is 13.7. The summed E-state index contributed by atoms with van der Waals surface area (Å²) in [4.78, 5) is 14.5. The van der Waals surface area contributed by atoms with E-state index in [2.05, 4.69) is 13.8 Å². The van der Waals surface area contributed by atoms with Gasteiger partial charge in [-0.25, -0.2) is 8.42 Å². The number of ether oxygens (including phenoxy) is 1. The van der Waals surface area contributed by atoms with Gasteiger partial charge < -0.3 is 14.4 Å². The molecule has 0 unspecified atom stereocenters. The first-order valence-corrected chi connectivity index (χ1v) is 13.5. The Labute approximate surface area is 200 Å². The monoisotopic (exact) mass is 473 g/mol. The second kappa shape index (κ2) is 12.2. The van der Waals surface area contributed by atoms with Gasteiger partial charge in [-0.1, -0.05) is 51.7 Å². The Balaban J connectivity index is 2.48. The molecule has 0 bridgehead atoms. The summed E-state index contributed by atoms with van der Waals surface area (Å²) in [5.41, 5.74) is 1.86. The van der Waals surface area contributed by atoms with E-state index in [9.17, 15) is 13.2 Å². The maximum atomic E-state index is 13.7. The van der Waals surface area contributed by atoms with Gasteiger partial charge >= 0.3 is 0 Å². The van der Waals surface area contributed by atoms with Crippen molar-refractivity contribution in [3.05, 3.63) is 53.6 Å². The molecule has 2 rings (SSSR count). The van der Waals surface area contributed by atoms with E-state index in [1.807, 2.05) is 55.4 Å². The summed E-state index contributed by atoms with van der Waals surface area (Å²) in [5.74, 6) is 0.622. The van der Waals surface area contributed by atoms with Crippen molar-refractivity contribution in [1.29, 1.82) is 0 Å². The second-order valence-corrected chi connectivity index (χ2v) is 11.1. The van der Waals surface area contributed by atoms with Gasteiger partial charge in [0.05, 0.1) is 17.8 Å². The topological polar surface area (TPSA) is 63.7 Å². The number of sulfone groups is 1. The Hall–Kier alpha value is -2.34. The number of carbonyl (C=O) groups excluding carboxylic acids is 1. The van der Waals surface area contributed by atoms with Crippen LogP contribution in [0.3, 0.4) is 0 Å². The molecular formula is C27H39NO4S. The van der Waals surface area contributed by atoms with E-state index in [1.54, 1.807) is 13.2 Å². The summed E-state index contributed by atoms with van der Waals surface area (Å²) >= 11 is 0. The Morgan fingerprint density at radius 1 is 0.970 bits per heavy atom. The summed E-state index contributed by atoms with van der Waals surface area (Å²) in [6, 6.07) is 13.2. The van der Waals surface area contributed by atoms with Gasteiger partial charge in [-0.15, -0.1) is 0 Å². The van der Waals surface area contributed by atoms with E-state index in [0.29, 0.717) is 24.2 Å². The average molecular weight is 474 g/mol. The third-order valence-corrected chi connectivity index (χ3v) is 8.26. The van der Waals surface area contributed by atoms with Crippen LogP contribution in [0.5, 0.6) is 5.75 Å². The largest absolute Gasteiger partial charge is 0.497 e. The highest BCUT2D eigenvalue weighted by atomic mass is 32.2. The van der Waals surface area contributed by atoms with Gasteiger partial charge in [-0.05, 0) is 60.7 Å². The maximum Gasteiger partial charge on any atom is 0.179 e. The number of anilines is 1. The van der Waals surface area contributed by atoms with Crippen LogP contribution in [-0.4, -0.2) is 41.7 Å². The van der Waals surface area contributed by atoms with E-state index < -0.39 is 15.3 Å². The van der Waals surface area contributed by atoms with Gasteiger partial charge in [0, 0.05) is 25.2 Å². The number of rotatable bonds is 14. The minimum absolute atomic E-state index is 0.138. The second-order valence-electron chi connectivity index (χ2n) is 9.16. The summed E-state index contributed by atoms with van der Waals surface area (Å²) in [6.45, 7) is 4.13. The minimum Gasteiger partial charge on any atom is -0.497 e. The predicted octanol–water partition coefficient (Wildman–Crippen LogP) is 5.69. The molecule has 0 N–H and O–H groups in total. The number of methoxy groups -OCH3 is 1. The molecule has 0 aliphatic carbocycles. The highest BCUT2D eigenvalue weighted by molar-refractivity contribution is 7.91. The molecule has 0 aliphatic heterocycles. The van der Waals surface area contributed by atoms with Gasteiger partial charge in [0.2, 0.25) is 0 Å². The van der Waals surface area contributed by atoms with Crippen molar-refractivity contribution in [3.63, 3.8) is 0 Å². The molecule has 6 heteroatoms. The molecule has 2 aromatic rings. The lowest BCUT2D eigenvalue weighted by Crippen LogP contribution is -2.32. The van der Waals surface area contributed by atoms with Crippen molar-refractivity contribution in [2.24, 2.45) is 5.41 Å². The van der Waals surface area contributed by atoms with Crippen molar-refractivity contribution in [3.8, 4) is 5.75 Å². The zero-order chi connectivity index (χ0) is 24.5. The number of benzene rings is 2. The zero-order valence-electron chi connectivity index (χ0n) is 20.8. The molecule has 5 nitrogen and oxygen atoms in total. The Morgan fingerprint density at radius 3 is 2.06 bits per heavy atom. The van der Waals surface area contributed by atoms with Gasteiger partial charge in [0.25, 0.3) is 0 Å². The van der Waals surface area contributed by atoms with E-state index in [1.165, 1.54) is 0 Å². The number of hydrogen-bond donors (Lipinski definition) is 0. The third kappa shape index (κ3) is 7.32. The zero-order valence-corrected chi connectivity index (χ0v) is 21.6. The first kappa shape index (κ1) is 26.9. The molecule has 0 aromatic heterocycles. The molecule has 33 heavy (non-hydrogen) atoms. The molecule has 0 amide bonds. The smallest absolute Gasteiger partial charge is 0.179 e. The average Bonchev–Trinajstić information content (AvgIpc) is 2.81. The summed E-state index contributed by atoms with van der Waals surface area (Å²) in [7, 11) is 1.83. The molecule has 0 fully saturated rings. The first-order chi connectivity index (χ1) is 15.7. The summed E-state index contributed by atoms with van der Waals surface area (Å²) in [5, 5.41) is 0. The van der Waals surface area contributed by atoms with Crippen LogP contribution in [0.25, 0.3) is 0 Å². The first-order valence-electron chi connectivity index (χ1n) is 11.8. The molecule has 0 heterocycles. The van der Waals surface area contributed by atoms with E-state index in [-0.39, 0.29) is 5.75 Å². The van der Waals surface area contributed by atoms with Crippen LogP contribution in [0.4, 0.5) is 5.69 Å². The third-order valence-electron chi connectivity index (χ3n) is 6.23. The number of carbonyl (C=O) groups is 1. The standard InChI is InChI=1S/C27H39NO4S/c1-6-8-16-27(20-29,17-9-7-2)21-33(30,31)26-15-12-24(28(3)4)19-23(26)18-22-10-13-25(32-5)14-11-22/h10-15,19-20H,6-9,16-18,21H2,1-5H3. The SMILES string of the molecule is CCCCC(C=O)(CCCC)CS(=O)(=O)c1ccc(N(C)C)cc1Cc1ccc(OC)cc1. The van der Waals surface area contributed by atoms with E-state index in [0.717, 1.165) is 54.5 Å². The normalized spacial score (nSPS) is 11.9. The lowest BCUT2D eigenvalue weighted by molar-refractivity contribution is -0.116. The molecule has 2 aromatic carbocycles. The Morgan fingerprint density at radius 2 is 1.58 bits per heavy atom. The number of nitrogens with zero attached hydrogens (tertiary/aromatic N) is 1. The van der Waals surface area contributed by atoms with Gasteiger partial charge in [0.1, 0.15) is 12.0 Å². The van der Waals surface area contributed by atoms with Crippen molar-refractivity contribution in [2.75, 3.05) is 31.9 Å². The number of aldehydes is 1. The Bertz CT molecular complexity index is 989. The fraction of sp³-hybridized carbons (Fsp3) is 0.519. The number of hydrogen-bond acceptors (Lipinski definition) is 5. The van der Waals surface area contributed by atoms with Crippen molar-refractivity contribution in [1.82, 2.24) is 0 Å². The number of unbranched alkanes of at least 4 members (excludes halogenated alkanes) is 2. The predicted molar refractivity (Wildman–Crippen MR) is 136 cm³/mol. The van der Waals surface area contributed by atoms with E-state index >= 15 is 0 Å². The van der Waals surface area contributed by atoms with Crippen molar-refractivity contribution >= 4 is 21.8 Å². The lowest BCUT2D eigenvalue weighted by atomic mass is 9.81. The molecular weight excluding hydrogens is 434 g/mol. The van der Waals surface area contributed by atoms with Crippen LogP contribution in [0.15, 0.2) is 47.4 Å². The van der Waals surface area contributed by atoms with Crippen LogP contribution in [0.2, 0.25) is 0 Å². The fourth-order valence-corrected chi connectivity index (χ4v) is 6.26. The summed E-state index contributed by atoms with van der Waals surface area (Å²) < 4.78 is 32.7. The lowest BCUT2D eigenvalue weighted by Gasteiger charge is -2.28. The summed E-state index contributed by atoms with van der Waals surface area (Å²) in [6.07, 6.45) is 6.16. The molecule has 182 valence electrons. The van der Waals surface area contributed by atoms with Crippen LogP contribution < -0.4 is 9.64 Å². The van der Waals surface area contributed by atoms with Crippen molar-refractivity contribution < 1.29 is 17.9 Å². The quantitative estimate of drug-likeness (QED) is 0.330. The highest BCUT2D eigenvalue weighted by Gasteiger charge is 2.36. The molecule has 0 saturated carbocycles. The fourth-order valence-electron chi connectivity index (χ4n) is 4.18.